The number of carboxylic acids is 1. The Kier molecular flexibility index (Phi) is 6.07. The molecular weight excluding hydrogens is 326 g/mol. The first-order chi connectivity index (χ1) is 9.53. The molecule has 0 atom stereocenters. The Morgan fingerprint density at radius 2 is 2.25 bits per heavy atom. The van der Waals surface area contributed by atoms with Crippen LogP contribution in [0.4, 0.5) is 0 Å². The molecule has 1 aromatic rings. The summed E-state index contributed by atoms with van der Waals surface area (Å²) >= 11 is 3.35. The quantitative estimate of drug-likeness (QED) is 0.635. The normalized spacial score (nSPS) is 10.8. The van der Waals surface area contributed by atoms with Crippen molar-refractivity contribution in [2.24, 2.45) is 0 Å². The lowest BCUT2D eigenvalue weighted by Crippen LogP contribution is -2.00. The van der Waals surface area contributed by atoms with Gasteiger partial charge in [0, 0.05) is 0 Å². The topological polar surface area (TPSA) is 79.5 Å². The van der Waals surface area contributed by atoms with Gasteiger partial charge in [-0.05, 0) is 46.1 Å². The van der Waals surface area contributed by atoms with Gasteiger partial charge in [-0.15, -0.1) is 0 Å². The van der Waals surface area contributed by atoms with Gasteiger partial charge in [-0.2, -0.15) is 5.26 Å². The van der Waals surface area contributed by atoms with Gasteiger partial charge >= 0.3 is 5.97 Å². The first-order valence-corrected chi connectivity index (χ1v) is 6.68. The average Bonchev–Trinajstić information content (AvgIpc) is 2.42. The van der Waals surface area contributed by atoms with E-state index in [1.807, 2.05) is 6.92 Å². The molecule has 1 aromatic carbocycles. The fourth-order valence-corrected chi connectivity index (χ4v) is 2.05. The van der Waals surface area contributed by atoms with Crippen LogP contribution in [0.1, 0.15) is 18.9 Å². The summed E-state index contributed by atoms with van der Waals surface area (Å²) in [6, 6.07) is 4.93. The Morgan fingerprint density at radius 1 is 1.55 bits per heavy atom. The molecule has 0 amide bonds. The average molecular weight is 340 g/mol. The molecule has 0 saturated heterocycles. The molecule has 6 heteroatoms. The number of ether oxygens (including phenoxy) is 2. The van der Waals surface area contributed by atoms with E-state index in [-0.39, 0.29) is 5.57 Å². The van der Waals surface area contributed by atoms with E-state index in [2.05, 4.69) is 15.9 Å². The van der Waals surface area contributed by atoms with Crippen molar-refractivity contribution in [1.29, 1.82) is 5.26 Å². The van der Waals surface area contributed by atoms with Gasteiger partial charge in [0.2, 0.25) is 0 Å². The van der Waals surface area contributed by atoms with Gasteiger partial charge < -0.3 is 14.6 Å². The van der Waals surface area contributed by atoms with E-state index >= 15 is 0 Å². The summed E-state index contributed by atoms with van der Waals surface area (Å²) in [6.07, 6.45) is 2.13. The molecule has 0 aromatic heterocycles. The van der Waals surface area contributed by atoms with E-state index in [1.54, 1.807) is 18.2 Å². The van der Waals surface area contributed by atoms with Gasteiger partial charge in [-0.1, -0.05) is 6.92 Å². The standard InChI is InChI=1S/C14H14BrNO4/c1-3-4-20-13-11(15)6-9(7-12(13)19-2)5-10(8-16)14(17)18/h5-7H,3-4H2,1-2H3,(H,17,18)/b10-5+. The predicted molar refractivity (Wildman–Crippen MR) is 77.7 cm³/mol. The smallest absolute Gasteiger partial charge is 0.346 e. The molecule has 0 aliphatic heterocycles. The number of carbonyl (C=O) groups is 1. The molecule has 0 fully saturated rings. The van der Waals surface area contributed by atoms with Crippen LogP contribution < -0.4 is 9.47 Å². The number of benzene rings is 1. The van der Waals surface area contributed by atoms with Crippen LogP contribution in [0.3, 0.4) is 0 Å². The van der Waals surface area contributed by atoms with Crippen molar-refractivity contribution in [1.82, 2.24) is 0 Å². The number of nitrogens with zero attached hydrogens (tertiary/aromatic N) is 1. The fourth-order valence-electron chi connectivity index (χ4n) is 1.48. The Hall–Kier alpha value is -2.00. The first kappa shape index (κ1) is 16.1. The molecule has 0 spiro atoms. The van der Waals surface area contributed by atoms with Crippen LogP contribution in [-0.4, -0.2) is 24.8 Å². The zero-order valence-corrected chi connectivity index (χ0v) is 12.7. The highest BCUT2D eigenvalue weighted by Gasteiger charge is 2.12. The lowest BCUT2D eigenvalue weighted by Gasteiger charge is -2.13. The molecule has 106 valence electrons. The lowest BCUT2D eigenvalue weighted by molar-refractivity contribution is -0.132. The summed E-state index contributed by atoms with van der Waals surface area (Å²) in [7, 11) is 1.50. The van der Waals surface area contributed by atoms with Crippen LogP contribution in [0.5, 0.6) is 11.5 Å². The van der Waals surface area contributed by atoms with E-state index < -0.39 is 5.97 Å². The minimum absolute atomic E-state index is 0.346. The molecule has 5 nitrogen and oxygen atoms in total. The number of hydrogen-bond acceptors (Lipinski definition) is 4. The predicted octanol–water partition coefficient (Wildman–Crippen LogP) is 3.24. The van der Waals surface area contributed by atoms with E-state index in [4.69, 9.17) is 19.8 Å². The lowest BCUT2D eigenvalue weighted by atomic mass is 10.1. The fraction of sp³-hybridized carbons (Fsp3) is 0.286. The van der Waals surface area contributed by atoms with Crippen molar-refractivity contribution in [2.45, 2.75) is 13.3 Å². The van der Waals surface area contributed by atoms with Crippen molar-refractivity contribution < 1.29 is 19.4 Å². The molecule has 1 rings (SSSR count). The van der Waals surface area contributed by atoms with E-state index in [1.165, 1.54) is 13.2 Å². The number of hydrogen-bond donors (Lipinski definition) is 1. The van der Waals surface area contributed by atoms with Gasteiger partial charge in [0.05, 0.1) is 18.2 Å². The molecule has 0 aliphatic rings. The molecule has 1 N–H and O–H groups in total. The van der Waals surface area contributed by atoms with Crippen molar-refractivity contribution in [3.8, 4) is 17.6 Å². The van der Waals surface area contributed by atoms with Gasteiger partial charge in [-0.3, -0.25) is 0 Å². The van der Waals surface area contributed by atoms with E-state index in [9.17, 15) is 4.79 Å². The Morgan fingerprint density at radius 3 is 2.75 bits per heavy atom. The van der Waals surface area contributed by atoms with Crippen molar-refractivity contribution in [2.75, 3.05) is 13.7 Å². The number of aliphatic carboxylic acids is 1. The summed E-state index contributed by atoms with van der Waals surface area (Å²) in [6.45, 7) is 2.53. The molecule has 0 bridgehead atoms. The Bertz CT molecular complexity index is 575. The third kappa shape index (κ3) is 4.00. The minimum atomic E-state index is -1.27. The summed E-state index contributed by atoms with van der Waals surface area (Å²) < 4.78 is 11.4. The molecule has 0 saturated carbocycles. The maximum atomic E-state index is 10.8. The number of halogens is 1. The highest BCUT2D eigenvalue weighted by molar-refractivity contribution is 9.10. The van der Waals surface area contributed by atoms with Gasteiger partial charge in [0.1, 0.15) is 11.6 Å². The second kappa shape index (κ2) is 7.56. The second-order valence-electron chi connectivity index (χ2n) is 3.86. The van der Waals surface area contributed by atoms with Crippen LogP contribution >= 0.6 is 15.9 Å². The molecule has 20 heavy (non-hydrogen) atoms. The Balaban J connectivity index is 3.23. The van der Waals surface area contributed by atoms with E-state index in [0.29, 0.717) is 28.1 Å². The zero-order valence-electron chi connectivity index (χ0n) is 11.1. The summed E-state index contributed by atoms with van der Waals surface area (Å²) in [4.78, 5) is 10.8. The zero-order chi connectivity index (χ0) is 15.1. The van der Waals surface area contributed by atoms with Crippen molar-refractivity contribution in [3.05, 3.63) is 27.7 Å². The summed E-state index contributed by atoms with van der Waals surface area (Å²) in [5.41, 5.74) is 0.192. The molecular formula is C14H14BrNO4. The number of carboxylic acid groups (broad SMARTS) is 1. The van der Waals surface area contributed by atoms with Gasteiger partial charge in [0.15, 0.2) is 11.5 Å². The van der Waals surface area contributed by atoms with Crippen LogP contribution in [0, 0.1) is 11.3 Å². The number of nitriles is 1. The minimum Gasteiger partial charge on any atom is -0.493 e. The molecule has 0 radical (unpaired) electrons. The largest absolute Gasteiger partial charge is 0.493 e. The number of methoxy groups -OCH3 is 1. The van der Waals surface area contributed by atoms with Crippen molar-refractivity contribution >= 4 is 28.0 Å². The molecule has 0 unspecified atom stereocenters. The van der Waals surface area contributed by atoms with Crippen LogP contribution in [0.2, 0.25) is 0 Å². The van der Waals surface area contributed by atoms with Crippen LogP contribution in [0.15, 0.2) is 22.2 Å². The first-order valence-electron chi connectivity index (χ1n) is 5.88. The van der Waals surface area contributed by atoms with Crippen molar-refractivity contribution in [3.63, 3.8) is 0 Å². The summed E-state index contributed by atoms with van der Waals surface area (Å²) in [5.74, 6) is -0.240. The molecule has 0 heterocycles. The number of rotatable bonds is 6. The monoisotopic (exact) mass is 339 g/mol. The summed E-state index contributed by atoms with van der Waals surface area (Å²) in [5, 5.41) is 17.6. The highest BCUT2D eigenvalue weighted by Crippen LogP contribution is 2.37. The highest BCUT2D eigenvalue weighted by atomic mass is 79.9. The third-order valence-corrected chi connectivity index (χ3v) is 2.95. The van der Waals surface area contributed by atoms with Crippen LogP contribution in [-0.2, 0) is 4.79 Å². The maximum Gasteiger partial charge on any atom is 0.346 e. The molecule has 0 aliphatic carbocycles. The van der Waals surface area contributed by atoms with Crippen LogP contribution in [0.25, 0.3) is 6.08 Å². The van der Waals surface area contributed by atoms with Gasteiger partial charge in [-0.25, -0.2) is 4.79 Å². The SMILES string of the molecule is CCCOc1c(Br)cc(/C=C(\C#N)C(=O)O)cc1OC. The second-order valence-corrected chi connectivity index (χ2v) is 4.71. The van der Waals surface area contributed by atoms with E-state index in [0.717, 1.165) is 6.42 Å². The Labute approximate surface area is 125 Å². The third-order valence-electron chi connectivity index (χ3n) is 2.36. The maximum absolute atomic E-state index is 10.8. The van der Waals surface area contributed by atoms with Gasteiger partial charge in [0.25, 0.3) is 0 Å².